The number of amides is 1. The predicted molar refractivity (Wildman–Crippen MR) is 143 cm³/mol. The minimum atomic E-state index is -0.743. The molecule has 0 spiro atoms. The Kier molecular flexibility index (Phi) is 9.23. The van der Waals surface area contributed by atoms with E-state index in [1.54, 1.807) is 19.1 Å². The maximum absolute atomic E-state index is 15.3. The lowest BCUT2D eigenvalue weighted by Crippen LogP contribution is -2.46. The summed E-state index contributed by atoms with van der Waals surface area (Å²) in [5.74, 6) is -2.85. The van der Waals surface area contributed by atoms with Crippen LogP contribution in [0.1, 0.15) is 50.3 Å². The van der Waals surface area contributed by atoms with E-state index in [0.717, 1.165) is 43.7 Å². The number of anilines is 1. The van der Waals surface area contributed by atoms with Crippen LogP contribution in [0.2, 0.25) is 0 Å². The smallest absolute Gasteiger partial charge is 0.287 e. The maximum Gasteiger partial charge on any atom is 0.287 e. The Bertz CT molecular complexity index is 1160. The van der Waals surface area contributed by atoms with Gasteiger partial charge < -0.3 is 20.4 Å². The van der Waals surface area contributed by atoms with E-state index in [4.69, 9.17) is 10.8 Å². The molecule has 3 rings (SSSR count). The maximum atomic E-state index is 15.3. The van der Waals surface area contributed by atoms with E-state index in [0.29, 0.717) is 17.7 Å². The summed E-state index contributed by atoms with van der Waals surface area (Å²) in [5, 5.41) is 40.6. The number of carbonyl (C=O) groups is 1. The van der Waals surface area contributed by atoms with Crippen molar-refractivity contribution in [1.29, 1.82) is 10.8 Å². The van der Waals surface area contributed by atoms with Crippen LogP contribution < -0.4 is 10.2 Å². The van der Waals surface area contributed by atoms with Crippen molar-refractivity contribution in [1.82, 2.24) is 15.1 Å². The van der Waals surface area contributed by atoms with Crippen molar-refractivity contribution < 1.29 is 19.4 Å². The lowest BCUT2D eigenvalue weighted by atomic mass is 9.98. The number of carbonyl (C=O) groups excluding carboxylic acids is 1. The number of piperazine rings is 1. The summed E-state index contributed by atoms with van der Waals surface area (Å²) in [5.41, 5.74) is 1.09. The van der Waals surface area contributed by atoms with Crippen LogP contribution in [0.15, 0.2) is 30.3 Å². The molecular weight excluding hydrogens is 475 g/mol. The summed E-state index contributed by atoms with van der Waals surface area (Å²) < 4.78 is 15.3. The first-order valence-electron chi connectivity index (χ1n) is 12.6. The monoisotopic (exact) mass is 512 g/mol. The second kappa shape index (κ2) is 12.2. The van der Waals surface area contributed by atoms with Gasteiger partial charge in [0.15, 0.2) is 5.84 Å². The minimum Gasteiger partial charge on any atom is -0.508 e. The fourth-order valence-corrected chi connectivity index (χ4v) is 4.39. The molecule has 0 aliphatic carbocycles. The number of benzene rings is 2. The third-order valence-electron chi connectivity index (χ3n) is 6.62. The molecule has 1 saturated heterocycles. The summed E-state index contributed by atoms with van der Waals surface area (Å²) in [6.07, 6.45) is 0. The molecule has 0 unspecified atom stereocenters. The molecule has 1 fully saturated rings. The molecule has 0 saturated carbocycles. The number of halogens is 1. The number of phenols is 2. The average molecular weight is 513 g/mol. The molecule has 0 radical (unpaired) electrons. The van der Waals surface area contributed by atoms with Crippen LogP contribution in [-0.2, 0) is 11.3 Å². The van der Waals surface area contributed by atoms with Crippen LogP contribution in [0.25, 0.3) is 0 Å². The number of amidine groups is 2. The molecule has 200 valence electrons. The molecule has 0 bridgehead atoms. The van der Waals surface area contributed by atoms with Gasteiger partial charge in [0.05, 0.1) is 11.3 Å². The minimum absolute atomic E-state index is 0.00817. The Morgan fingerprint density at radius 1 is 1.05 bits per heavy atom. The summed E-state index contributed by atoms with van der Waals surface area (Å²) in [6.45, 7) is 12.8. The van der Waals surface area contributed by atoms with Gasteiger partial charge in [0, 0.05) is 50.9 Å². The van der Waals surface area contributed by atoms with E-state index in [1.807, 2.05) is 13.8 Å². The number of hydrogen-bond acceptors (Lipinski definition) is 7. The SMILES string of the molecule is CCNC(=O)C(=N)N(C(=N)c1cc(C(C)C)c(O)cc1O)c1ccc(CN2CCN(CC)CC2)c(F)c1. The van der Waals surface area contributed by atoms with Gasteiger partial charge in [-0.25, -0.2) is 4.39 Å². The van der Waals surface area contributed by atoms with Crippen molar-refractivity contribution in [2.45, 2.75) is 40.2 Å². The van der Waals surface area contributed by atoms with E-state index >= 15 is 4.39 Å². The molecule has 9 nitrogen and oxygen atoms in total. The van der Waals surface area contributed by atoms with Gasteiger partial charge in [0.1, 0.15) is 23.2 Å². The van der Waals surface area contributed by atoms with Gasteiger partial charge in [-0.1, -0.05) is 26.8 Å². The highest BCUT2D eigenvalue weighted by Crippen LogP contribution is 2.34. The summed E-state index contributed by atoms with van der Waals surface area (Å²) >= 11 is 0. The Balaban J connectivity index is 1.96. The second-order valence-corrected chi connectivity index (χ2v) is 9.46. The first-order chi connectivity index (χ1) is 17.6. The first kappa shape index (κ1) is 28.1. The van der Waals surface area contributed by atoms with Gasteiger partial charge in [-0.15, -0.1) is 0 Å². The number of hydrogen-bond donors (Lipinski definition) is 5. The predicted octanol–water partition coefficient (Wildman–Crippen LogP) is 3.44. The van der Waals surface area contributed by atoms with Crippen LogP contribution in [-0.4, -0.2) is 76.9 Å². The Labute approximate surface area is 217 Å². The number of likely N-dealkylation sites (N-methyl/N-ethyl adjacent to an activating group) is 2. The largest absolute Gasteiger partial charge is 0.508 e. The van der Waals surface area contributed by atoms with Gasteiger partial charge in [0.25, 0.3) is 5.91 Å². The number of aromatic hydroxyl groups is 2. The molecule has 1 aliphatic heterocycles. The van der Waals surface area contributed by atoms with E-state index in [1.165, 1.54) is 12.1 Å². The fraction of sp³-hybridized carbons (Fsp3) is 0.444. The van der Waals surface area contributed by atoms with Crippen LogP contribution in [0.3, 0.4) is 0 Å². The van der Waals surface area contributed by atoms with Crippen molar-refractivity contribution in [3.63, 3.8) is 0 Å². The Hall–Kier alpha value is -3.50. The molecule has 37 heavy (non-hydrogen) atoms. The molecular formula is C27H37FN6O3. The zero-order valence-corrected chi connectivity index (χ0v) is 21.9. The summed E-state index contributed by atoms with van der Waals surface area (Å²) in [6, 6.07) is 6.98. The van der Waals surface area contributed by atoms with Crippen molar-refractivity contribution in [2.24, 2.45) is 0 Å². The topological polar surface area (TPSA) is 127 Å². The number of phenolic OH excluding ortho intramolecular Hbond substituents is 2. The third kappa shape index (κ3) is 6.44. The fourth-order valence-electron chi connectivity index (χ4n) is 4.39. The molecule has 0 aromatic heterocycles. The number of nitrogens with one attached hydrogen (secondary N) is 3. The highest BCUT2D eigenvalue weighted by Gasteiger charge is 2.28. The summed E-state index contributed by atoms with van der Waals surface area (Å²) in [7, 11) is 0. The molecule has 1 heterocycles. The Morgan fingerprint density at radius 3 is 2.27 bits per heavy atom. The highest BCUT2D eigenvalue weighted by molar-refractivity contribution is 6.48. The average Bonchev–Trinajstić information content (AvgIpc) is 2.86. The van der Waals surface area contributed by atoms with Gasteiger partial charge in [-0.3, -0.25) is 25.4 Å². The van der Waals surface area contributed by atoms with Crippen LogP contribution in [0.5, 0.6) is 11.5 Å². The third-order valence-corrected chi connectivity index (χ3v) is 6.62. The van der Waals surface area contributed by atoms with Crippen molar-refractivity contribution in [3.05, 3.63) is 52.8 Å². The molecule has 5 N–H and O–H groups in total. The summed E-state index contributed by atoms with van der Waals surface area (Å²) in [4.78, 5) is 18.1. The molecule has 2 aromatic rings. The van der Waals surface area contributed by atoms with Crippen LogP contribution in [0, 0.1) is 16.6 Å². The lowest BCUT2D eigenvalue weighted by Gasteiger charge is -2.34. The normalized spacial score (nSPS) is 14.5. The van der Waals surface area contributed by atoms with Gasteiger partial charge in [-0.05, 0) is 43.1 Å². The second-order valence-electron chi connectivity index (χ2n) is 9.46. The van der Waals surface area contributed by atoms with Gasteiger partial charge >= 0.3 is 0 Å². The molecule has 10 heteroatoms. The standard InChI is InChI=1S/C27H37FN6O3/c1-5-31-27(37)26(30)34(25(29)21-14-20(17(3)4)23(35)15-24(21)36)19-8-7-18(22(28)13-19)16-33-11-9-32(6-2)10-12-33/h7-8,13-15,17,29-30,35-36H,5-6,9-12,16H2,1-4H3,(H,31,37). The quantitative estimate of drug-likeness (QED) is 0.286. The van der Waals surface area contributed by atoms with Gasteiger partial charge in [-0.2, -0.15) is 0 Å². The number of rotatable bonds is 7. The van der Waals surface area contributed by atoms with Crippen molar-refractivity contribution in [2.75, 3.05) is 44.2 Å². The van der Waals surface area contributed by atoms with Gasteiger partial charge in [0.2, 0.25) is 0 Å². The van der Waals surface area contributed by atoms with Crippen molar-refractivity contribution in [3.8, 4) is 11.5 Å². The molecule has 1 amide bonds. The Morgan fingerprint density at radius 2 is 1.70 bits per heavy atom. The van der Waals surface area contributed by atoms with E-state index < -0.39 is 23.4 Å². The van der Waals surface area contributed by atoms with E-state index in [9.17, 15) is 15.0 Å². The van der Waals surface area contributed by atoms with Crippen LogP contribution >= 0.6 is 0 Å². The molecule has 0 atom stereocenters. The van der Waals surface area contributed by atoms with E-state index in [2.05, 4.69) is 22.0 Å². The lowest BCUT2D eigenvalue weighted by molar-refractivity contribution is -0.114. The van der Waals surface area contributed by atoms with Crippen molar-refractivity contribution >= 4 is 23.3 Å². The number of nitrogens with zero attached hydrogens (tertiary/aromatic N) is 3. The van der Waals surface area contributed by atoms with E-state index in [-0.39, 0.29) is 35.2 Å². The zero-order chi connectivity index (χ0) is 27.3. The highest BCUT2D eigenvalue weighted by atomic mass is 19.1. The molecule has 2 aromatic carbocycles. The van der Waals surface area contributed by atoms with Crippen LogP contribution in [0.4, 0.5) is 10.1 Å². The first-order valence-corrected chi connectivity index (χ1v) is 12.6. The zero-order valence-electron chi connectivity index (χ0n) is 21.9. The molecule has 1 aliphatic rings.